The summed E-state index contributed by atoms with van der Waals surface area (Å²) < 4.78 is 11.4. The fraction of sp³-hybridized carbons (Fsp3) is 0.333. The van der Waals surface area contributed by atoms with Gasteiger partial charge in [0, 0.05) is 27.6 Å². The van der Waals surface area contributed by atoms with Crippen LogP contribution >= 0.6 is 23.2 Å². The summed E-state index contributed by atoms with van der Waals surface area (Å²) in [5.41, 5.74) is -1.71. The highest BCUT2D eigenvalue weighted by molar-refractivity contribution is 6.31. The predicted molar refractivity (Wildman–Crippen MR) is 110 cm³/mol. The Morgan fingerprint density at radius 1 is 0.793 bits per heavy atom. The van der Waals surface area contributed by atoms with Crippen molar-refractivity contribution in [3.63, 3.8) is 0 Å². The molecule has 0 saturated carbocycles. The molecule has 0 spiro atoms. The molecule has 0 amide bonds. The maximum atomic E-state index is 11.4. The largest absolute Gasteiger partial charge is 0.478 e. The molecule has 0 aliphatic carbocycles. The van der Waals surface area contributed by atoms with Crippen LogP contribution in [-0.2, 0) is 16.0 Å². The number of rotatable bonds is 8. The number of aliphatic carboxylic acids is 2. The third-order valence-electron chi connectivity index (χ3n) is 4.19. The second-order valence-corrected chi connectivity index (χ2v) is 8.39. The van der Waals surface area contributed by atoms with Gasteiger partial charge in [-0.25, -0.2) is 9.59 Å². The summed E-state index contributed by atoms with van der Waals surface area (Å²) in [7, 11) is 0. The van der Waals surface area contributed by atoms with Crippen LogP contribution in [0.4, 0.5) is 0 Å². The average Bonchev–Trinajstić information content (AvgIpc) is 2.59. The lowest BCUT2D eigenvalue weighted by Crippen LogP contribution is -2.38. The Kier molecular flexibility index (Phi) is 6.71. The summed E-state index contributed by atoms with van der Waals surface area (Å²) in [6.45, 7) is 5.77. The average molecular weight is 441 g/mol. The minimum atomic E-state index is -1.46. The Morgan fingerprint density at radius 3 is 1.45 bits per heavy atom. The summed E-state index contributed by atoms with van der Waals surface area (Å²) in [5.74, 6) is -1.56. The lowest BCUT2D eigenvalue weighted by molar-refractivity contribution is -0.152. The van der Waals surface area contributed by atoms with Gasteiger partial charge in [0.1, 0.15) is 11.5 Å². The molecule has 2 rings (SSSR count). The van der Waals surface area contributed by atoms with Crippen molar-refractivity contribution in [3.05, 3.63) is 57.6 Å². The molecule has 2 aromatic carbocycles. The van der Waals surface area contributed by atoms with Crippen LogP contribution in [0, 0.1) is 0 Å². The molecule has 0 unspecified atom stereocenters. The molecule has 2 N–H and O–H groups in total. The number of carboxylic acid groups (broad SMARTS) is 2. The Hall–Kier alpha value is -2.44. The Balaban J connectivity index is 2.46. The molecule has 29 heavy (non-hydrogen) atoms. The van der Waals surface area contributed by atoms with E-state index in [1.165, 1.54) is 27.7 Å². The summed E-state index contributed by atoms with van der Waals surface area (Å²) in [5, 5.41) is 19.6. The first-order valence-corrected chi connectivity index (χ1v) is 9.49. The van der Waals surface area contributed by atoms with E-state index in [1.54, 1.807) is 36.4 Å². The fourth-order valence-corrected chi connectivity index (χ4v) is 2.80. The molecule has 2 aromatic rings. The number of hydrogen-bond acceptors (Lipinski definition) is 4. The van der Waals surface area contributed by atoms with Gasteiger partial charge in [0.2, 0.25) is 0 Å². The summed E-state index contributed by atoms with van der Waals surface area (Å²) >= 11 is 12.3. The molecule has 0 aliphatic rings. The van der Waals surface area contributed by atoms with Crippen LogP contribution in [0.25, 0.3) is 0 Å². The molecule has 6 nitrogen and oxygen atoms in total. The third-order valence-corrected chi connectivity index (χ3v) is 4.66. The van der Waals surface area contributed by atoms with Crippen LogP contribution in [-0.4, -0.2) is 33.4 Å². The van der Waals surface area contributed by atoms with E-state index in [4.69, 9.17) is 32.7 Å². The lowest BCUT2D eigenvalue weighted by atomic mass is 10.0. The van der Waals surface area contributed by atoms with Crippen molar-refractivity contribution in [2.75, 3.05) is 0 Å². The zero-order valence-electron chi connectivity index (χ0n) is 16.5. The molecule has 8 heteroatoms. The molecule has 0 aromatic heterocycles. The summed E-state index contributed by atoms with van der Waals surface area (Å²) in [6.07, 6.45) is 0.233. The van der Waals surface area contributed by atoms with E-state index in [1.807, 2.05) is 0 Å². The van der Waals surface area contributed by atoms with E-state index in [0.717, 1.165) is 0 Å². The standard InChI is InChI=1S/C21H22Cl2O6/c1-20(2,18(24)25)28-16-7-5-14(22)10-12(16)9-13-11-15(23)6-8-17(13)29-21(3,4)19(26)27/h5-8,10-11H,9H2,1-4H3,(H,24,25)(H,26,27). The van der Waals surface area contributed by atoms with Crippen molar-refractivity contribution in [1.29, 1.82) is 0 Å². The summed E-state index contributed by atoms with van der Waals surface area (Å²) in [6, 6.07) is 9.69. The highest BCUT2D eigenvalue weighted by atomic mass is 35.5. The number of ether oxygens (including phenoxy) is 2. The van der Waals surface area contributed by atoms with Gasteiger partial charge in [0.25, 0.3) is 0 Å². The molecule has 0 radical (unpaired) electrons. The maximum Gasteiger partial charge on any atom is 0.347 e. The van der Waals surface area contributed by atoms with Gasteiger partial charge in [-0.05, 0) is 64.1 Å². The van der Waals surface area contributed by atoms with E-state index in [9.17, 15) is 19.8 Å². The van der Waals surface area contributed by atoms with Gasteiger partial charge < -0.3 is 19.7 Å². The van der Waals surface area contributed by atoms with Gasteiger partial charge in [0.05, 0.1) is 0 Å². The molecule has 0 heterocycles. The molecule has 156 valence electrons. The van der Waals surface area contributed by atoms with Crippen molar-refractivity contribution in [2.45, 2.75) is 45.3 Å². The Morgan fingerprint density at radius 2 is 1.14 bits per heavy atom. The number of carbonyl (C=O) groups is 2. The van der Waals surface area contributed by atoms with Gasteiger partial charge in [-0.2, -0.15) is 0 Å². The van der Waals surface area contributed by atoms with Gasteiger partial charge in [0.15, 0.2) is 11.2 Å². The maximum absolute atomic E-state index is 11.4. The number of halogens is 2. The molecule has 0 fully saturated rings. The van der Waals surface area contributed by atoms with Gasteiger partial charge in [-0.15, -0.1) is 0 Å². The highest BCUT2D eigenvalue weighted by Crippen LogP contribution is 2.33. The molecule has 0 bridgehead atoms. The second kappa shape index (κ2) is 8.51. The molecule has 0 aliphatic heterocycles. The first kappa shape index (κ1) is 22.8. The van der Waals surface area contributed by atoms with Crippen molar-refractivity contribution in [3.8, 4) is 11.5 Å². The van der Waals surface area contributed by atoms with E-state index in [0.29, 0.717) is 32.7 Å². The molecule has 0 saturated heterocycles. The Bertz CT molecular complexity index is 861. The van der Waals surface area contributed by atoms with Crippen LogP contribution < -0.4 is 9.47 Å². The predicted octanol–water partition coefficient (Wildman–Crippen LogP) is 5.07. The lowest BCUT2D eigenvalue weighted by Gasteiger charge is -2.25. The van der Waals surface area contributed by atoms with Crippen LogP contribution in [0.2, 0.25) is 10.0 Å². The summed E-state index contributed by atoms with van der Waals surface area (Å²) in [4.78, 5) is 22.9. The van der Waals surface area contributed by atoms with Crippen LogP contribution in [0.1, 0.15) is 38.8 Å². The first-order valence-electron chi connectivity index (χ1n) is 8.73. The molecule has 0 atom stereocenters. The number of carboxylic acids is 2. The van der Waals surface area contributed by atoms with E-state index < -0.39 is 23.1 Å². The smallest absolute Gasteiger partial charge is 0.347 e. The minimum Gasteiger partial charge on any atom is -0.478 e. The van der Waals surface area contributed by atoms with Crippen molar-refractivity contribution in [1.82, 2.24) is 0 Å². The molecular formula is C21H22Cl2O6. The monoisotopic (exact) mass is 440 g/mol. The third kappa shape index (κ3) is 5.78. The second-order valence-electron chi connectivity index (χ2n) is 7.52. The van der Waals surface area contributed by atoms with Crippen LogP contribution in [0.3, 0.4) is 0 Å². The van der Waals surface area contributed by atoms with Crippen LogP contribution in [0.5, 0.6) is 11.5 Å². The SMILES string of the molecule is CC(C)(Oc1ccc(Cl)cc1Cc1cc(Cl)ccc1OC(C)(C)C(=O)O)C(=O)O. The zero-order chi connectivity index (χ0) is 22.0. The highest BCUT2D eigenvalue weighted by Gasteiger charge is 2.32. The van der Waals surface area contributed by atoms with Crippen molar-refractivity contribution in [2.24, 2.45) is 0 Å². The van der Waals surface area contributed by atoms with E-state index in [2.05, 4.69) is 0 Å². The number of benzene rings is 2. The van der Waals surface area contributed by atoms with Crippen LogP contribution in [0.15, 0.2) is 36.4 Å². The van der Waals surface area contributed by atoms with Gasteiger partial charge >= 0.3 is 11.9 Å². The Labute approximate surface area is 179 Å². The quantitative estimate of drug-likeness (QED) is 0.594. The normalized spacial score (nSPS) is 11.8. The van der Waals surface area contributed by atoms with Gasteiger partial charge in [-0.3, -0.25) is 0 Å². The van der Waals surface area contributed by atoms with Gasteiger partial charge in [-0.1, -0.05) is 23.2 Å². The topological polar surface area (TPSA) is 93.1 Å². The molecular weight excluding hydrogens is 419 g/mol. The zero-order valence-corrected chi connectivity index (χ0v) is 18.0. The number of hydrogen-bond donors (Lipinski definition) is 2. The fourth-order valence-electron chi connectivity index (χ4n) is 2.41. The van der Waals surface area contributed by atoms with E-state index >= 15 is 0 Å². The van der Waals surface area contributed by atoms with E-state index in [-0.39, 0.29) is 6.42 Å². The van der Waals surface area contributed by atoms with Crippen molar-refractivity contribution >= 4 is 35.1 Å². The first-order chi connectivity index (χ1) is 13.3. The van der Waals surface area contributed by atoms with Crippen molar-refractivity contribution < 1.29 is 29.3 Å². The minimum absolute atomic E-state index is 0.233.